The standard InChI is InChI=1S/C6H9F2NO2/c7-6(5(10)11)3-1-2-4-9(6)8/h1-4H2,(H,10,11). The number of carbonyl (C=O) groups is 1. The lowest BCUT2D eigenvalue weighted by Gasteiger charge is -2.30. The molecule has 0 amide bonds. The number of hydrogen-bond donors (Lipinski definition) is 1. The molecule has 0 aromatic heterocycles. The Bertz CT molecular complexity index is 176. The van der Waals surface area contributed by atoms with Crippen LogP contribution in [0.4, 0.5) is 8.87 Å². The van der Waals surface area contributed by atoms with Crippen LogP contribution in [-0.4, -0.2) is 28.5 Å². The van der Waals surface area contributed by atoms with Gasteiger partial charge in [-0.3, -0.25) is 0 Å². The molecule has 1 atom stereocenters. The van der Waals surface area contributed by atoms with Crippen LogP contribution in [0.1, 0.15) is 19.3 Å². The van der Waals surface area contributed by atoms with Gasteiger partial charge in [0.05, 0.1) is 0 Å². The molecule has 1 fully saturated rings. The summed E-state index contributed by atoms with van der Waals surface area (Å²) in [4.78, 5) is 10.2. The molecule has 1 aliphatic heterocycles. The van der Waals surface area contributed by atoms with Crippen LogP contribution in [-0.2, 0) is 4.79 Å². The molecule has 3 nitrogen and oxygen atoms in total. The average Bonchev–Trinajstić information content (AvgIpc) is 1.95. The van der Waals surface area contributed by atoms with Gasteiger partial charge in [-0.15, -0.1) is 4.48 Å². The average molecular weight is 165 g/mol. The normalized spacial score (nSPS) is 33.6. The number of alkyl halides is 1. The molecule has 0 spiro atoms. The van der Waals surface area contributed by atoms with Crippen molar-refractivity contribution in [2.75, 3.05) is 6.54 Å². The van der Waals surface area contributed by atoms with Gasteiger partial charge in [0.15, 0.2) is 0 Å². The molecule has 1 unspecified atom stereocenters. The minimum atomic E-state index is -2.78. The maximum Gasteiger partial charge on any atom is 0.359 e. The molecule has 1 saturated heterocycles. The lowest BCUT2D eigenvalue weighted by molar-refractivity contribution is -0.206. The third-order valence-electron chi connectivity index (χ3n) is 1.82. The lowest BCUT2D eigenvalue weighted by atomic mass is 10.0. The highest BCUT2D eigenvalue weighted by atomic mass is 19.2. The summed E-state index contributed by atoms with van der Waals surface area (Å²) in [7, 11) is 0. The van der Waals surface area contributed by atoms with E-state index in [0.717, 1.165) is 0 Å². The highest BCUT2D eigenvalue weighted by molar-refractivity contribution is 5.76. The number of carboxylic acid groups (broad SMARTS) is 1. The van der Waals surface area contributed by atoms with Crippen molar-refractivity contribution in [3.05, 3.63) is 0 Å². The SMILES string of the molecule is O=C(O)C1(F)CCCCN1F. The largest absolute Gasteiger partial charge is 0.478 e. The molecule has 64 valence electrons. The molecule has 0 radical (unpaired) electrons. The maximum atomic E-state index is 13.0. The van der Waals surface area contributed by atoms with Gasteiger partial charge in [0, 0.05) is 13.0 Å². The zero-order valence-corrected chi connectivity index (χ0v) is 5.89. The Balaban J connectivity index is 2.72. The second-order valence-electron chi connectivity index (χ2n) is 2.61. The van der Waals surface area contributed by atoms with Crippen LogP contribution >= 0.6 is 0 Å². The van der Waals surface area contributed by atoms with Crippen molar-refractivity contribution in [1.82, 2.24) is 5.12 Å². The number of carboxylic acids is 1. The quantitative estimate of drug-likeness (QED) is 0.467. The fourth-order valence-corrected chi connectivity index (χ4v) is 1.12. The molecular weight excluding hydrogens is 156 g/mol. The first-order valence-electron chi connectivity index (χ1n) is 3.43. The highest BCUT2D eigenvalue weighted by Gasteiger charge is 2.47. The molecule has 5 heteroatoms. The van der Waals surface area contributed by atoms with Crippen LogP contribution in [0.15, 0.2) is 0 Å². The maximum absolute atomic E-state index is 13.0. The molecule has 1 aliphatic rings. The molecule has 1 heterocycles. The van der Waals surface area contributed by atoms with Crippen LogP contribution in [0.25, 0.3) is 0 Å². The predicted molar refractivity (Wildman–Crippen MR) is 33.1 cm³/mol. The van der Waals surface area contributed by atoms with E-state index < -0.39 is 11.8 Å². The van der Waals surface area contributed by atoms with Crippen molar-refractivity contribution in [2.45, 2.75) is 25.1 Å². The van der Waals surface area contributed by atoms with E-state index in [1.165, 1.54) is 0 Å². The van der Waals surface area contributed by atoms with Crippen molar-refractivity contribution in [2.24, 2.45) is 0 Å². The molecule has 11 heavy (non-hydrogen) atoms. The lowest BCUT2D eigenvalue weighted by Crippen LogP contribution is -2.49. The van der Waals surface area contributed by atoms with E-state index in [4.69, 9.17) is 5.11 Å². The van der Waals surface area contributed by atoms with E-state index >= 15 is 0 Å². The topological polar surface area (TPSA) is 40.5 Å². The molecule has 0 aromatic carbocycles. The molecule has 0 saturated carbocycles. The van der Waals surface area contributed by atoms with Gasteiger partial charge < -0.3 is 5.11 Å². The number of rotatable bonds is 1. The van der Waals surface area contributed by atoms with Crippen LogP contribution < -0.4 is 0 Å². The van der Waals surface area contributed by atoms with Crippen LogP contribution in [0, 0.1) is 0 Å². The summed E-state index contributed by atoms with van der Waals surface area (Å²) in [5.41, 5.74) is 0. The van der Waals surface area contributed by atoms with E-state index in [-0.39, 0.29) is 18.1 Å². The van der Waals surface area contributed by atoms with Crippen molar-refractivity contribution >= 4 is 5.97 Å². The van der Waals surface area contributed by atoms with Gasteiger partial charge in [0.1, 0.15) is 0 Å². The van der Waals surface area contributed by atoms with Gasteiger partial charge >= 0.3 is 5.97 Å². The molecule has 0 bridgehead atoms. The van der Waals surface area contributed by atoms with E-state index in [1.807, 2.05) is 0 Å². The van der Waals surface area contributed by atoms with Crippen molar-refractivity contribution < 1.29 is 18.8 Å². The number of piperidine rings is 1. The summed E-state index contributed by atoms with van der Waals surface area (Å²) in [5, 5.41) is 8.07. The zero-order chi connectivity index (χ0) is 8.48. The highest BCUT2D eigenvalue weighted by Crippen LogP contribution is 2.29. The van der Waals surface area contributed by atoms with Crippen LogP contribution in [0.3, 0.4) is 0 Å². The molecule has 1 N–H and O–H groups in total. The Labute approximate surface area is 62.5 Å². The Hall–Kier alpha value is -0.710. The molecule has 0 aliphatic carbocycles. The second-order valence-corrected chi connectivity index (χ2v) is 2.61. The van der Waals surface area contributed by atoms with Gasteiger partial charge in [0.25, 0.3) is 5.79 Å². The van der Waals surface area contributed by atoms with E-state index in [0.29, 0.717) is 12.8 Å². The van der Waals surface area contributed by atoms with Gasteiger partial charge in [0.2, 0.25) is 0 Å². The summed E-state index contributed by atoms with van der Waals surface area (Å²) >= 11 is 0. The fourth-order valence-electron chi connectivity index (χ4n) is 1.12. The Kier molecular flexibility index (Phi) is 2.08. The Morgan fingerprint density at radius 1 is 1.55 bits per heavy atom. The Morgan fingerprint density at radius 2 is 2.18 bits per heavy atom. The van der Waals surface area contributed by atoms with Gasteiger partial charge in [-0.25, -0.2) is 9.18 Å². The predicted octanol–water partition coefficient (Wildman–Crippen LogP) is 1.11. The molecular formula is C6H9F2NO2. The summed E-state index contributed by atoms with van der Waals surface area (Å²) < 4.78 is 25.6. The van der Waals surface area contributed by atoms with E-state index in [2.05, 4.69) is 0 Å². The number of halogens is 2. The molecule has 1 rings (SSSR count). The zero-order valence-electron chi connectivity index (χ0n) is 5.89. The van der Waals surface area contributed by atoms with Crippen LogP contribution in [0.2, 0.25) is 0 Å². The van der Waals surface area contributed by atoms with Gasteiger partial charge in [-0.05, 0) is 12.8 Å². The molecule has 0 aromatic rings. The number of nitrogens with zero attached hydrogens (tertiary/aromatic N) is 1. The van der Waals surface area contributed by atoms with E-state index in [1.54, 1.807) is 0 Å². The monoisotopic (exact) mass is 165 g/mol. The van der Waals surface area contributed by atoms with Crippen molar-refractivity contribution in [3.8, 4) is 0 Å². The summed E-state index contributed by atoms with van der Waals surface area (Å²) in [5.74, 6) is -4.52. The van der Waals surface area contributed by atoms with Crippen LogP contribution in [0.5, 0.6) is 0 Å². The number of hydrogen-bond acceptors (Lipinski definition) is 2. The third-order valence-corrected chi connectivity index (χ3v) is 1.82. The van der Waals surface area contributed by atoms with Gasteiger partial charge in [-0.2, -0.15) is 0 Å². The summed E-state index contributed by atoms with van der Waals surface area (Å²) in [6.45, 7) is -0.136. The fraction of sp³-hybridized carbons (Fsp3) is 0.833. The first-order valence-corrected chi connectivity index (χ1v) is 3.43. The first kappa shape index (κ1) is 8.39. The first-order chi connectivity index (χ1) is 5.07. The minimum absolute atomic E-state index is 0.136. The number of aliphatic carboxylic acids is 1. The van der Waals surface area contributed by atoms with E-state index in [9.17, 15) is 13.7 Å². The summed E-state index contributed by atoms with van der Waals surface area (Å²) in [6, 6.07) is 0. The van der Waals surface area contributed by atoms with Gasteiger partial charge in [-0.1, -0.05) is 5.12 Å². The Morgan fingerprint density at radius 3 is 2.55 bits per heavy atom. The second kappa shape index (κ2) is 2.73. The smallest absolute Gasteiger partial charge is 0.359 e. The summed E-state index contributed by atoms with van der Waals surface area (Å²) in [6.07, 6.45) is 0.664. The minimum Gasteiger partial charge on any atom is -0.478 e. The van der Waals surface area contributed by atoms with Crippen molar-refractivity contribution in [3.63, 3.8) is 0 Å². The third kappa shape index (κ3) is 1.33. The van der Waals surface area contributed by atoms with Crippen molar-refractivity contribution in [1.29, 1.82) is 0 Å².